The highest BCUT2D eigenvalue weighted by Gasteiger charge is 2.44. The van der Waals surface area contributed by atoms with Gasteiger partial charge >= 0.3 is 5.97 Å². The summed E-state index contributed by atoms with van der Waals surface area (Å²) in [5.74, 6) is 2.21. The molecular weight excluding hydrogens is 200 g/mol. The maximum Gasteiger partial charge on any atom is 0.303 e. The Hall–Kier alpha value is -0.790. The van der Waals surface area contributed by atoms with Crippen molar-refractivity contribution in [1.29, 1.82) is 0 Å². The topological polar surface area (TPSA) is 37.3 Å². The van der Waals surface area contributed by atoms with Crippen molar-refractivity contribution in [2.45, 2.75) is 44.9 Å². The second kappa shape index (κ2) is 3.90. The number of rotatable bonds is 4. The first-order valence-corrected chi connectivity index (χ1v) is 6.63. The van der Waals surface area contributed by atoms with Gasteiger partial charge in [-0.2, -0.15) is 0 Å². The molecule has 2 nitrogen and oxygen atoms in total. The molecule has 3 rings (SSSR count). The summed E-state index contributed by atoms with van der Waals surface area (Å²) < 4.78 is 0. The van der Waals surface area contributed by atoms with Crippen LogP contribution in [0.4, 0.5) is 0 Å². The molecule has 2 fully saturated rings. The van der Waals surface area contributed by atoms with Crippen molar-refractivity contribution in [3.63, 3.8) is 0 Å². The lowest BCUT2D eigenvalue weighted by Crippen LogP contribution is -2.34. The van der Waals surface area contributed by atoms with Gasteiger partial charge in [0.1, 0.15) is 0 Å². The summed E-state index contributed by atoms with van der Waals surface area (Å²) in [5.41, 5.74) is 1.65. The lowest BCUT2D eigenvalue weighted by molar-refractivity contribution is -0.139. The van der Waals surface area contributed by atoms with Crippen LogP contribution in [0, 0.1) is 23.7 Å². The summed E-state index contributed by atoms with van der Waals surface area (Å²) >= 11 is 0. The van der Waals surface area contributed by atoms with Gasteiger partial charge in [0.2, 0.25) is 0 Å². The van der Waals surface area contributed by atoms with Crippen molar-refractivity contribution >= 4 is 5.97 Å². The van der Waals surface area contributed by atoms with E-state index in [-0.39, 0.29) is 0 Å². The van der Waals surface area contributed by atoms with Crippen LogP contribution in [0.3, 0.4) is 0 Å². The Balaban J connectivity index is 1.55. The fourth-order valence-corrected chi connectivity index (χ4v) is 3.72. The number of carboxylic acid groups (broad SMARTS) is 1. The summed E-state index contributed by atoms with van der Waals surface area (Å²) in [5, 5.41) is 8.81. The van der Waals surface area contributed by atoms with E-state index in [9.17, 15) is 4.79 Å². The highest BCUT2D eigenvalue weighted by atomic mass is 16.4. The Morgan fingerprint density at radius 3 is 2.88 bits per heavy atom. The highest BCUT2D eigenvalue weighted by Crippen LogP contribution is 2.52. The average molecular weight is 220 g/mol. The molecule has 2 heteroatoms. The monoisotopic (exact) mass is 220 g/mol. The molecule has 1 N–H and O–H groups in total. The van der Waals surface area contributed by atoms with Gasteiger partial charge in [0, 0.05) is 6.42 Å². The molecule has 0 aliphatic heterocycles. The van der Waals surface area contributed by atoms with Crippen molar-refractivity contribution in [3.05, 3.63) is 11.6 Å². The van der Waals surface area contributed by atoms with E-state index < -0.39 is 5.97 Å². The van der Waals surface area contributed by atoms with E-state index in [1.165, 1.54) is 32.1 Å². The van der Waals surface area contributed by atoms with Crippen molar-refractivity contribution in [2.24, 2.45) is 23.7 Å². The molecule has 0 saturated heterocycles. The summed E-state index contributed by atoms with van der Waals surface area (Å²) in [6.07, 6.45) is 10.8. The Kier molecular flexibility index (Phi) is 2.53. The summed E-state index contributed by atoms with van der Waals surface area (Å²) in [4.78, 5) is 10.7. The van der Waals surface area contributed by atoms with Crippen LogP contribution in [0.1, 0.15) is 44.9 Å². The van der Waals surface area contributed by atoms with E-state index in [0.29, 0.717) is 18.3 Å². The van der Waals surface area contributed by atoms with E-state index >= 15 is 0 Å². The minimum absolute atomic E-state index is 0.383. The SMILES string of the molecule is O=C(O)C[C@H]1C[C@H]2CC(CC3CCC3)=CC21. The highest BCUT2D eigenvalue weighted by molar-refractivity contribution is 5.67. The maximum atomic E-state index is 10.7. The van der Waals surface area contributed by atoms with Gasteiger partial charge in [-0.25, -0.2) is 0 Å². The molecule has 0 heterocycles. The zero-order valence-electron chi connectivity index (χ0n) is 9.69. The van der Waals surface area contributed by atoms with Crippen molar-refractivity contribution < 1.29 is 9.90 Å². The second-order valence-corrected chi connectivity index (χ2v) is 5.96. The van der Waals surface area contributed by atoms with E-state index in [0.717, 1.165) is 18.3 Å². The lowest BCUT2D eigenvalue weighted by atomic mass is 9.65. The van der Waals surface area contributed by atoms with Crippen molar-refractivity contribution in [2.75, 3.05) is 0 Å². The van der Waals surface area contributed by atoms with Crippen LogP contribution in [-0.4, -0.2) is 11.1 Å². The third-order valence-electron chi connectivity index (χ3n) is 4.86. The minimum Gasteiger partial charge on any atom is -0.481 e. The van der Waals surface area contributed by atoms with Gasteiger partial charge in [-0.3, -0.25) is 4.79 Å². The van der Waals surface area contributed by atoms with Gasteiger partial charge < -0.3 is 5.11 Å². The average Bonchev–Trinajstić information content (AvgIpc) is 2.46. The molecule has 3 atom stereocenters. The molecule has 0 bridgehead atoms. The first-order chi connectivity index (χ1) is 7.72. The van der Waals surface area contributed by atoms with Crippen LogP contribution in [0.2, 0.25) is 0 Å². The standard InChI is InChI=1S/C14H20O2/c15-14(16)8-12-7-11-5-10(6-13(11)12)4-9-2-1-3-9/h6,9,11-13H,1-5,7-8H2,(H,15,16)/t11-,12-,13?/m1/s1. The van der Waals surface area contributed by atoms with Gasteiger partial charge in [-0.05, 0) is 42.9 Å². The van der Waals surface area contributed by atoms with Crippen LogP contribution < -0.4 is 0 Å². The fourth-order valence-electron chi connectivity index (χ4n) is 3.72. The van der Waals surface area contributed by atoms with E-state index in [2.05, 4.69) is 6.08 Å². The van der Waals surface area contributed by atoms with E-state index in [1.54, 1.807) is 5.57 Å². The molecule has 3 aliphatic carbocycles. The fraction of sp³-hybridized carbons (Fsp3) is 0.786. The molecular formula is C14H20O2. The Morgan fingerprint density at radius 1 is 1.44 bits per heavy atom. The molecule has 0 amide bonds. The van der Waals surface area contributed by atoms with Crippen LogP contribution in [0.15, 0.2) is 11.6 Å². The predicted molar refractivity (Wildman–Crippen MR) is 62.0 cm³/mol. The lowest BCUT2D eigenvalue weighted by Gasteiger charge is -2.39. The number of hydrogen-bond donors (Lipinski definition) is 1. The maximum absolute atomic E-state index is 10.7. The minimum atomic E-state index is -0.621. The third kappa shape index (κ3) is 1.79. The van der Waals surface area contributed by atoms with Gasteiger partial charge in [0.25, 0.3) is 0 Å². The molecule has 0 spiro atoms. The first-order valence-electron chi connectivity index (χ1n) is 6.63. The number of hydrogen-bond acceptors (Lipinski definition) is 1. The van der Waals surface area contributed by atoms with Gasteiger partial charge in [0.15, 0.2) is 0 Å². The predicted octanol–water partition coefficient (Wildman–Crippen LogP) is 3.23. The van der Waals surface area contributed by atoms with Crippen LogP contribution >= 0.6 is 0 Å². The zero-order valence-corrected chi connectivity index (χ0v) is 9.69. The second-order valence-electron chi connectivity index (χ2n) is 5.96. The van der Waals surface area contributed by atoms with Gasteiger partial charge in [-0.1, -0.05) is 30.9 Å². The number of carboxylic acids is 1. The van der Waals surface area contributed by atoms with Crippen LogP contribution in [-0.2, 0) is 4.79 Å². The molecule has 88 valence electrons. The third-order valence-corrected chi connectivity index (χ3v) is 4.86. The van der Waals surface area contributed by atoms with Gasteiger partial charge in [-0.15, -0.1) is 0 Å². The molecule has 1 unspecified atom stereocenters. The Bertz CT molecular complexity index is 328. The first kappa shape index (κ1) is 10.4. The van der Waals surface area contributed by atoms with Crippen LogP contribution in [0.25, 0.3) is 0 Å². The normalized spacial score (nSPS) is 37.2. The molecule has 0 aromatic rings. The molecule has 0 radical (unpaired) electrons. The molecule has 0 aromatic carbocycles. The Morgan fingerprint density at radius 2 is 2.25 bits per heavy atom. The summed E-state index contributed by atoms with van der Waals surface area (Å²) in [6.45, 7) is 0. The Labute approximate surface area is 96.7 Å². The zero-order chi connectivity index (χ0) is 11.1. The number of allylic oxidation sites excluding steroid dienone is 2. The van der Waals surface area contributed by atoms with Crippen LogP contribution in [0.5, 0.6) is 0 Å². The summed E-state index contributed by atoms with van der Waals surface area (Å²) in [7, 11) is 0. The quantitative estimate of drug-likeness (QED) is 0.738. The van der Waals surface area contributed by atoms with Crippen molar-refractivity contribution in [3.8, 4) is 0 Å². The molecule has 0 aromatic heterocycles. The molecule has 3 aliphatic rings. The smallest absolute Gasteiger partial charge is 0.303 e. The molecule has 16 heavy (non-hydrogen) atoms. The number of aliphatic carboxylic acids is 1. The van der Waals surface area contributed by atoms with E-state index in [4.69, 9.17) is 5.11 Å². The largest absolute Gasteiger partial charge is 0.481 e. The number of carbonyl (C=O) groups is 1. The molecule has 2 saturated carbocycles. The summed E-state index contributed by atoms with van der Waals surface area (Å²) in [6, 6.07) is 0. The number of fused-ring (bicyclic) bond motifs is 1. The van der Waals surface area contributed by atoms with Crippen molar-refractivity contribution in [1.82, 2.24) is 0 Å². The van der Waals surface area contributed by atoms with Gasteiger partial charge in [0.05, 0.1) is 0 Å². The van der Waals surface area contributed by atoms with E-state index in [1.807, 2.05) is 0 Å².